The number of nitrogens with zero attached hydrogens (tertiary/aromatic N) is 3. The lowest BCUT2D eigenvalue weighted by Gasteiger charge is -2.17. The van der Waals surface area contributed by atoms with E-state index in [0.717, 1.165) is 11.0 Å². The maximum atomic E-state index is 10.2. The molecule has 0 atom stereocenters. The third-order valence-corrected chi connectivity index (χ3v) is 4.04. The number of fused-ring (bicyclic) bond motifs is 3. The second-order valence-electron chi connectivity index (χ2n) is 5.64. The van der Waals surface area contributed by atoms with E-state index in [1.807, 2.05) is 24.3 Å². The first-order valence-corrected chi connectivity index (χ1v) is 7.79. The van der Waals surface area contributed by atoms with E-state index in [1.165, 1.54) is 0 Å². The molecule has 1 aliphatic heterocycles. The van der Waals surface area contributed by atoms with Crippen molar-refractivity contribution in [2.45, 2.75) is 0 Å². The van der Waals surface area contributed by atoms with Crippen molar-refractivity contribution < 1.29 is 14.6 Å². The molecule has 124 valence electrons. The van der Waals surface area contributed by atoms with Crippen molar-refractivity contribution >= 4 is 33.6 Å². The van der Waals surface area contributed by atoms with Crippen molar-refractivity contribution in [3.05, 3.63) is 36.4 Å². The van der Waals surface area contributed by atoms with Crippen molar-refractivity contribution in [3.8, 4) is 17.4 Å². The van der Waals surface area contributed by atoms with Crippen LogP contribution in [0.15, 0.2) is 46.6 Å². The molecule has 1 aliphatic rings. The molecule has 0 unspecified atom stereocenters. The van der Waals surface area contributed by atoms with Crippen LogP contribution in [0.4, 0.5) is 11.6 Å². The largest absolute Gasteiger partial charge is 0.493 e. The van der Waals surface area contributed by atoms with Gasteiger partial charge in [0.25, 0.3) is 0 Å². The molecule has 0 amide bonds. The monoisotopic (exact) mass is 335 g/mol. The Hall–Kier alpha value is -3.55. The van der Waals surface area contributed by atoms with Crippen LogP contribution in [0.2, 0.25) is 0 Å². The van der Waals surface area contributed by atoms with Crippen molar-refractivity contribution in [1.29, 1.82) is 0 Å². The zero-order valence-corrected chi connectivity index (χ0v) is 13.0. The first kappa shape index (κ1) is 13.8. The number of aromatic hydroxyl groups is 1. The van der Waals surface area contributed by atoms with Gasteiger partial charge in [-0.2, -0.15) is 0 Å². The molecule has 0 radical (unpaired) electrons. The maximum absolute atomic E-state index is 10.2. The number of H-pyrrole nitrogens is 2. The molecule has 0 aliphatic carbocycles. The summed E-state index contributed by atoms with van der Waals surface area (Å²) in [5, 5.41) is 19.1. The van der Waals surface area contributed by atoms with Gasteiger partial charge in [0.1, 0.15) is 13.2 Å². The summed E-state index contributed by atoms with van der Waals surface area (Å²) in [5.74, 6) is 1.56. The first-order valence-electron chi connectivity index (χ1n) is 7.79. The van der Waals surface area contributed by atoms with Gasteiger partial charge in [0.2, 0.25) is 11.8 Å². The first-order chi connectivity index (χ1) is 12.3. The molecule has 3 N–H and O–H groups in total. The number of nitrogens with one attached hydrogen (secondary N) is 2. The van der Waals surface area contributed by atoms with Crippen LogP contribution in [0.3, 0.4) is 0 Å². The fraction of sp³-hybridized carbons (Fsp3) is 0.118. The zero-order valence-electron chi connectivity index (χ0n) is 13.0. The Morgan fingerprint density at radius 2 is 1.76 bits per heavy atom. The Morgan fingerprint density at radius 1 is 0.960 bits per heavy atom. The van der Waals surface area contributed by atoms with Crippen molar-refractivity contribution in [2.24, 2.45) is 10.2 Å². The smallest absolute Gasteiger partial charge is 0.247 e. The predicted molar refractivity (Wildman–Crippen MR) is 91.2 cm³/mol. The summed E-state index contributed by atoms with van der Waals surface area (Å²) >= 11 is 0. The van der Waals surface area contributed by atoms with Gasteiger partial charge in [0.15, 0.2) is 17.2 Å². The molecule has 0 fully saturated rings. The molecule has 0 spiro atoms. The minimum atomic E-state index is -0.0720. The number of hydrogen-bond acceptors (Lipinski definition) is 6. The minimum absolute atomic E-state index is 0.0720. The summed E-state index contributed by atoms with van der Waals surface area (Å²) in [6.45, 7) is 0.995. The summed E-state index contributed by atoms with van der Waals surface area (Å²) in [4.78, 5) is 10.3. The van der Waals surface area contributed by atoms with Crippen LogP contribution in [0, 0.1) is 0 Å². The number of imidazole rings is 1. The summed E-state index contributed by atoms with van der Waals surface area (Å²) < 4.78 is 11.1. The zero-order chi connectivity index (χ0) is 16.8. The van der Waals surface area contributed by atoms with Gasteiger partial charge in [-0.05, 0) is 18.2 Å². The van der Waals surface area contributed by atoms with E-state index < -0.39 is 0 Å². The van der Waals surface area contributed by atoms with Crippen LogP contribution < -0.4 is 9.47 Å². The van der Waals surface area contributed by atoms with Gasteiger partial charge in [-0.15, -0.1) is 10.2 Å². The van der Waals surface area contributed by atoms with Crippen LogP contribution >= 0.6 is 0 Å². The number of benzene rings is 2. The van der Waals surface area contributed by atoms with E-state index in [0.29, 0.717) is 47.3 Å². The van der Waals surface area contributed by atoms with E-state index in [4.69, 9.17) is 9.47 Å². The SMILES string of the molecule is Oc1[nH]c2cc3c(cc2c1N=Nc1nc2ccccc2[nH]1)OCCO3. The Bertz CT molecular complexity index is 1100. The lowest BCUT2D eigenvalue weighted by Crippen LogP contribution is -2.15. The lowest BCUT2D eigenvalue weighted by atomic mass is 10.2. The number of rotatable bonds is 2. The maximum Gasteiger partial charge on any atom is 0.247 e. The molecular weight excluding hydrogens is 322 g/mol. The summed E-state index contributed by atoms with van der Waals surface area (Å²) in [7, 11) is 0. The molecule has 0 bridgehead atoms. The highest BCUT2D eigenvalue weighted by Crippen LogP contribution is 2.42. The van der Waals surface area contributed by atoms with Gasteiger partial charge in [-0.1, -0.05) is 12.1 Å². The topological polar surface area (TPSA) is 108 Å². The van der Waals surface area contributed by atoms with Crippen molar-refractivity contribution in [3.63, 3.8) is 0 Å². The Morgan fingerprint density at radius 3 is 2.60 bits per heavy atom. The highest BCUT2D eigenvalue weighted by molar-refractivity contribution is 5.96. The summed E-state index contributed by atoms with van der Waals surface area (Å²) in [6.07, 6.45) is 0. The second kappa shape index (κ2) is 5.23. The molecular formula is C17H13N5O3. The molecule has 0 saturated carbocycles. The van der Waals surface area contributed by atoms with Crippen LogP contribution in [-0.2, 0) is 0 Å². The molecule has 3 heterocycles. The van der Waals surface area contributed by atoms with Crippen LogP contribution in [0.25, 0.3) is 21.9 Å². The van der Waals surface area contributed by atoms with Gasteiger partial charge in [0, 0.05) is 11.5 Å². The predicted octanol–water partition coefficient (Wildman–Crippen LogP) is 3.94. The summed E-state index contributed by atoms with van der Waals surface area (Å²) in [5.41, 5.74) is 2.70. The molecule has 2 aromatic heterocycles. The van der Waals surface area contributed by atoms with Gasteiger partial charge >= 0.3 is 0 Å². The highest BCUT2D eigenvalue weighted by Gasteiger charge is 2.18. The van der Waals surface area contributed by atoms with Crippen LogP contribution in [0.1, 0.15) is 0 Å². The van der Waals surface area contributed by atoms with E-state index in [9.17, 15) is 5.11 Å². The third-order valence-electron chi connectivity index (χ3n) is 4.04. The number of para-hydroxylation sites is 2. The van der Waals surface area contributed by atoms with Gasteiger partial charge in [-0.25, -0.2) is 4.98 Å². The van der Waals surface area contributed by atoms with E-state index in [2.05, 4.69) is 25.2 Å². The molecule has 8 nitrogen and oxygen atoms in total. The second-order valence-corrected chi connectivity index (χ2v) is 5.64. The van der Waals surface area contributed by atoms with Gasteiger partial charge < -0.3 is 24.5 Å². The Labute approximate surface area is 141 Å². The Balaban J connectivity index is 1.58. The molecule has 2 aromatic carbocycles. The van der Waals surface area contributed by atoms with Crippen molar-refractivity contribution in [1.82, 2.24) is 15.0 Å². The number of ether oxygens (including phenoxy) is 2. The van der Waals surface area contributed by atoms with Gasteiger partial charge in [-0.3, -0.25) is 0 Å². The van der Waals surface area contributed by atoms with Gasteiger partial charge in [0.05, 0.1) is 16.6 Å². The number of aromatic nitrogens is 3. The quantitative estimate of drug-likeness (QED) is 0.482. The average molecular weight is 335 g/mol. The van der Waals surface area contributed by atoms with E-state index >= 15 is 0 Å². The molecule has 5 rings (SSSR count). The van der Waals surface area contributed by atoms with Crippen molar-refractivity contribution in [2.75, 3.05) is 13.2 Å². The van der Waals surface area contributed by atoms with E-state index in [-0.39, 0.29) is 5.88 Å². The number of azo groups is 1. The fourth-order valence-corrected chi connectivity index (χ4v) is 2.89. The third kappa shape index (κ3) is 2.26. The molecule has 4 aromatic rings. The van der Waals surface area contributed by atoms with Crippen LogP contribution in [0.5, 0.6) is 17.4 Å². The standard InChI is InChI=1S/C17H13N5O3/c23-16-15(21-22-17-19-10-3-1-2-4-11(10)20-17)9-7-13-14(8-12(9)18-16)25-6-5-24-13/h1-4,7-8,18,23H,5-6H2,(H,19,20). The number of aromatic amines is 2. The Kier molecular flexibility index (Phi) is 2.90. The average Bonchev–Trinajstić information content (AvgIpc) is 3.17. The highest BCUT2D eigenvalue weighted by atomic mass is 16.6. The summed E-state index contributed by atoms with van der Waals surface area (Å²) in [6, 6.07) is 11.2. The minimum Gasteiger partial charge on any atom is -0.493 e. The molecule has 8 heteroatoms. The molecule has 25 heavy (non-hydrogen) atoms. The number of hydrogen-bond donors (Lipinski definition) is 3. The lowest BCUT2D eigenvalue weighted by molar-refractivity contribution is 0.172. The molecule has 0 saturated heterocycles. The van der Waals surface area contributed by atoms with E-state index in [1.54, 1.807) is 12.1 Å². The van der Waals surface area contributed by atoms with Crippen LogP contribution in [-0.4, -0.2) is 33.3 Å². The normalized spacial score (nSPS) is 13.9. The fourth-order valence-electron chi connectivity index (χ4n) is 2.89.